The van der Waals surface area contributed by atoms with Crippen LogP contribution in [0.2, 0.25) is 0 Å². The molecule has 1 aromatic carbocycles. The van der Waals surface area contributed by atoms with Crippen molar-refractivity contribution in [3.05, 3.63) is 24.3 Å². The van der Waals surface area contributed by atoms with Crippen molar-refractivity contribution in [3.8, 4) is 11.5 Å². The number of hydrogen-bond acceptors (Lipinski definition) is 4. The number of para-hydroxylation sites is 2. The first-order valence-corrected chi connectivity index (χ1v) is 7.40. The summed E-state index contributed by atoms with van der Waals surface area (Å²) in [6, 6.07) is 7.22. The number of carbonyl (C=O) groups is 2. The highest BCUT2D eigenvalue weighted by atomic mass is 16.5. The van der Waals surface area contributed by atoms with Crippen LogP contribution in [0.25, 0.3) is 0 Å². The molecular formula is C16H22N2O4. The predicted molar refractivity (Wildman–Crippen MR) is 81.6 cm³/mol. The minimum atomic E-state index is -0.610. The molecule has 1 saturated heterocycles. The summed E-state index contributed by atoms with van der Waals surface area (Å²) in [5, 5.41) is 0. The van der Waals surface area contributed by atoms with Gasteiger partial charge >= 0.3 is 0 Å². The molecule has 1 aliphatic rings. The van der Waals surface area contributed by atoms with Gasteiger partial charge in [-0.1, -0.05) is 12.1 Å². The molecule has 0 bridgehead atoms. The van der Waals surface area contributed by atoms with Crippen molar-refractivity contribution in [1.29, 1.82) is 0 Å². The van der Waals surface area contributed by atoms with Crippen LogP contribution in [-0.4, -0.2) is 43.0 Å². The maximum atomic E-state index is 12.4. The molecule has 0 saturated carbocycles. The summed E-state index contributed by atoms with van der Waals surface area (Å²) in [4.78, 5) is 25.3. The largest absolute Gasteiger partial charge is 0.493 e. The first-order valence-electron chi connectivity index (χ1n) is 7.40. The molecule has 120 valence electrons. The third-order valence-corrected chi connectivity index (χ3v) is 3.93. The lowest BCUT2D eigenvalue weighted by Gasteiger charge is -2.32. The van der Waals surface area contributed by atoms with Gasteiger partial charge in [0, 0.05) is 19.0 Å². The number of carbonyl (C=O) groups excluding carboxylic acids is 2. The fraction of sp³-hybridized carbons (Fsp3) is 0.500. The number of amides is 2. The molecule has 2 amide bonds. The lowest BCUT2D eigenvalue weighted by Crippen LogP contribution is -2.46. The fourth-order valence-electron chi connectivity index (χ4n) is 2.60. The number of nitrogens with two attached hydrogens (primary N) is 1. The molecule has 0 aromatic heterocycles. The highest BCUT2D eigenvalue weighted by Crippen LogP contribution is 2.27. The minimum absolute atomic E-state index is 0.0890. The van der Waals surface area contributed by atoms with Crippen LogP contribution in [0.15, 0.2) is 24.3 Å². The van der Waals surface area contributed by atoms with Crippen LogP contribution < -0.4 is 15.2 Å². The monoisotopic (exact) mass is 306 g/mol. The van der Waals surface area contributed by atoms with Gasteiger partial charge in [0.15, 0.2) is 17.6 Å². The molecule has 0 unspecified atom stereocenters. The number of ether oxygens (including phenoxy) is 2. The number of hydrogen-bond donors (Lipinski definition) is 1. The molecule has 1 aromatic rings. The molecule has 0 radical (unpaired) electrons. The van der Waals surface area contributed by atoms with Crippen LogP contribution in [0.1, 0.15) is 19.8 Å². The number of nitrogens with zero attached hydrogens (tertiary/aromatic N) is 1. The lowest BCUT2D eigenvalue weighted by molar-refractivity contribution is -0.140. The molecule has 0 spiro atoms. The van der Waals surface area contributed by atoms with Gasteiger partial charge in [-0.15, -0.1) is 0 Å². The van der Waals surface area contributed by atoms with Crippen LogP contribution in [0.5, 0.6) is 11.5 Å². The van der Waals surface area contributed by atoms with E-state index < -0.39 is 6.10 Å². The SMILES string of the molecule is COc1ccccc1O[C@@H](C)C(=O)N1CCC(C(N)=O)CC1. The van der Waals surface area contributed by atoms with E-state index in [0.717, 1.165) is 0 Å². The Morgan fingerprint density at radius 2 is 1.82 bits per heavy atom. The molecule has 6 heteroatoms. The highest BCUT2D eigenvalue weighted by Gasteiger charge is 2.29. The number of primary amides is 1. The van der Waals surface area contributed by atoms with Crippen LogP contribution in [0.4, 0.5) is 0 Å². The topological polar surface area (TPSA) is 81.9 Å². The molecular weight excluding hydrogens is 284 g/mol. The zero-order valence-electron chi connectivity index (χ0n) is 13.0. The Morgan fingerprint density at radius 1 is 1.23 bits per heavy atom. The van der Waals surface area contributed by atoms with Gasteiger partial charge in [-0.3, -0.25) is 9.59 Å². The average Bonchev–Trinajstić information content (AvgIpc) is 2.54. The maximum Gasteiger partial charge on any atom is 0.263 e. The number of rotatable bonds is 5. The summed E-state index contributed by atoms with van der Waals surface area (Å²) >= 11 is 0. The molecule has 1 atom stereocenters. The molecule has 22 heavy (non-hydrogen) atoms. The summed E-state index contributed by atoms with van der Waals surface area (Å²) in [6.07, 6.45) is 0.617. The van der Waals surface area contributed by atoms with Gasteiger partial charge in [0.1, 0.15) is 0 Å². The van der Waals surface area contributed by atoms with E-state index in [1.807, 2.05) is 12.1 Å². The van der Waals surface area contributed by atoms with Crippen molar-refractivity contribution in [1.82, 2.24) is 4.90 Å². The Balaban J connectivity index is 1.94. The van der Waals surface area contributed by atoms with Crippen molar-refractivity contribution in [3.63, 3.8) is 0 Å². The Morgan fingerprint density at radius 3 is 2.36 bits per heavy atom. The Labute approximate surface area is 130 Å². The summed E-state index contributed by atoms with van der Waals surface area (Å²) in [7, 11) is 1.56. The molecule has 1 fully saturated rings. The van der Waals surface area contributed by atoms with Gasteiger partial charge < -0.3 is 20.1 Å². The average molecular weight is 306 g/mol. The normalized spacial score (nSPS) is 16.9. The van der Waals surface area contributed by atoms with E-state index in [4.69, 9.17) is 15.2 Å². The van der Waals surface area contributed by atoms with E-state index in [1.165, 1.54) is 0 Å². The molecule has 0 aliphatic carbocycles. The van der Waals surface area contributed by atoms with Gasteiger partial charge in [-0.25, -0.2) is 0 Å². The first-order chi connectivity index (χ1) is 10.5. The molecule has 2 N–H and O–H groups in total. The Kier molecular flexibility index (Phi) is 5.25. The van der Waals surface area contributed by atoms with Gasteiger partial charge in [-0.05, 0) is 31.9 Å². The standard InChI is InChI=1S/C16H22N2O4/c1-11(22-14-6-4-3-5-13(14)21-2)16(20)18-9-7-12(8-10-18)15(17)19/h3-6,11-12H,7-10H2,1-2H3,(H2,17,19)/t11-/m0/s1. The molecule has 6 nitrogen and oxygen atoms in total. The summed E-state index contributed by atoms with van der Waals surface area (Å²) in [5.41, 5.74) is 5.30. The second kappa shape index (κ2) is 7.15. The smallest absolute Gasteiger partial charge is 0.263 e. The minimum Gasteiger partial charge on any atom is -0.493 e. The third kappa shape index (κ3) is 3.69. The van der Waals surface area contributed by atoms with Gasteiger partial charge in [0.25, 0.3) is 5.91 Å². The van der Waals surface area contributed by atoms with E-state index >= 15 is 0 Å². The van der Waals surface area contributed by atoms with Crippen molar-refractivity contribution >= 4 is 11.8 Å². The van der Waals surface area contributed by atoms with E-state index in [0.29, 0.717) is 37.4 Å². The fourth-order valence-corrected chi connectivity index (χ4v) is 2.60. The maximum absolute atomic E-state index is 12.4. The molecule has 1 heterocycles. The van der Waals surface area contributed by atoms with Crippen LogP contribution in [0, 0.1) is 5.92 Å². The summed E-state index contributed by atoms with van der Waals surface area (Å²) in [6.45, 7) is 2.78. The Hall–Kier alpha value is -2.24. The number of piperidine rings is 1. The van der Waals surface area contributed by atoms with E-state index in [-0.39, 0.29) is 17.7 Å². The van der Waals surface area contributed by atoms with Crippen molar-refractivity contribution in [2.24, 2.45) is 11.7 Å². The van der Waals surface area contributed by atoms with Crippen LogP contribution in [0.3, 0.4) is 0 Å². The summed E-state index contributed by atoms with van der Waals surface area (Å²) < 4.78 is 10.9. The second-order valence-electron chi connectivity index (χ2n) is 5.41. The van der Waals surface area contributed by atoms with Crippen molar-refractivity contribution in [2.45, 2.75) is 25.9 Å². The highest BCUT2D eigenvalue weighted by molar-refractivity contribution is 5.82. The quantitative estimate of drug-likeness (QED) is 0.886. The number of methoxy groups -OCH3 is 1. The number of benzene rings is 1. The predicted octanol–water partition coefficient (Wildman–Crippen LogP) is 1.19. The van der Waals surface area contributed by atoms with Crippen molar-refractivity contribution in [2.75, 3.05) is 20.2 Å². The van der Waals surface area contributed by atoms with Gasteiger partial charge in [-0.2, -0.15) is 0 Å². The van der Waals surface area contributed by atoms with E-state index in [2.05, 4.69) is 0 Å². The zero-order chi connectivity index (χ0) is 16.1. The van der Waals surface area contributed by atoms with Crippen LogP contribution in [-0.2, 0) is 9.59 Å². The number of likely N-dealkylation sites (tertiary alicyclic amines) is 1. The molecule has 1 aliphatic heterocycles. The van der Waals surface area contributed by atoms with E-state index in [1.54, 1.807) is 31.1 Å². The first kappa shape index (κ1) is 16.1. The van der Waals surface area contributed by atoms with Crippen molar-refractivity contribution < 1.29 is 19.1 Å². The lowest BCUT2D eigenvalue weighted by atomic mass is 9.96. The molecule has 2 rings (SSSR count). The second-order valence-corrected chi connectivity index (χ2v) is 5.41. The Bertz CT molecular complexity index is 539. The summed E-state index contributed by atoms with van der Waals surface area (Å²) in [5.74, 6) is 0.626. The third-order valence-electron chi connectivity index (χ3n) is 3.93. The zero-order valence-corrected chi connectivity index (χ0v) is 13.0. The van der Waals surface area contributed by atoms with Gasteiger partial charge in [0.2, 0.25) is 5.91 Å². The van der Waals surface area contributed by atoms with Gasteiger partial charge in [0.05, 0.1) is 7.11 Å². The van der Waals surface area contributed by atoms with E-state index in [9.17, 15) is 9.59 Å². The van der Waals surface area contributed by atoms with Crippen LogP contribution >= 0.6 is 0 Å².